The number of hydrogen-bond acceptors (Lipinski definition) is 3. The van der Waals surface area contributed by atoms with Crippen molar-refractivity contribution < 1.29 is 9.84 Å². The zero-order valence-electron chi connectivity index (χ0n) is 6.55. The van der Waals surface area contributed by atoms with Gasteiger partial charge in [0.25, 0.3) is 0 Å². The molecule has 0 bridgehead atoms. The van der Waals surface area contributed by atoms with Crippen molar-refractivity contribution in [2.75, 3.05) is 20.3 Å². The molecule has 2 N–H and O–H groups in total. The molecule has 2 atom stereocenters. The van der Waals surface area contributed by atoms with Crippen LogP contribution in [0.15, 0.2) is 0 Å². The normalized spacial score (nSPS) is 40.5. The second kappa shape index (κ2) is 2.86. The summed E-state index contributed by atoms with van der Waals surface area (Å²) in [4.78, 5) is 0. The molecule has 0 saturated carbocycles. The van der Waals surface area contributed by atoms with Gasteiger partial charge in [0.05, 0.1) is 12.7 Å². The van der Waals surface area contributed by atoms with Crippen LogP contribution in [0.3, 0.4) is 0 Å². The Morgan fingerprint density at radius 3 is 2.80 bits per heavy atom. The smallest absolute Gasteiger partial charge is 0.0714 e. The van der Waals surface area contributed by atoms with E-state index < -0.39 is 0 Å². The summed E-state index contributed by atoms with van der Waals surface area (Å²) >= 11 is 0. The van der Waals surface area contributed by atoms with E-state index in [9.17, 15) is 0 Å². The van der Waals surface area contributed by atoms with Gasteiger partial charge in [-0.15, -0.1) is 0 Å². The van der Waals surface area contributed by atoms with E-state index in [2.05, 4.69) is 5.32 Å². The molecule has 1 heterocycles. The third-order valence-electron chi connectivity index (χ3n) is 2.12. The lowest BCUT2D eigenvalue weighted by molar-refractivity contribution is 0.105. The first-order valence-corrected chi connectivity index (χ1v) is 3.59. The summed E-state index contributed by atoms with van der Waals surface area (Å²) in [6.45, 7) is 3.05. The highest BCUT2D eigenvalue weighted by molar-refractivity contribution is 4.93. The lowest BCUT2D eigenvalue weighted by Gasteiger charge is -2.20. The highest BCUT2D eigenvalue weighted by atomic mass is 16.5. The van der Waals surface area contributed by atoms with Crippen molar-refractivity contribution in [1.82, 2.24) is 5.32 Å². The Labute approximate surface area is 61.4 Å². The largest absolute Gasteiger partial charge is 0.394 e. The first-order valence-electron chi connectivity index (χ1n) is 3.59. The molecule has 0 radical (unpaired) electrons. The van der Waals surface area contributed by atoms with Crippen LogP contribution in [0.5, 0.6) is 0 Å². The maximum Gasteiger partial charge on any atom is 0.0714 e. The number of nitrogens with one attached hydrogen (secondary N) is 1. The molecule has 0 aromatic carbocycles. The van der Waals surface area contributed by atoms with Gasteiger partial charge in [0.2, 0.25) is 0 Å². The van der Waals surface area contributed by atoms with Gasteiger partial charge < -0.3 is 15.2 Å². The predicted molar refractivity (Wildman–Crippen MR) is 38.9 cm³/mol. The number of aliphatic hydroxyl groups excluding tert-OH is 1. The van der Waals surface area contributed by atoms with Crippen LogP contribution < -0.4 is 5.32 Å². The molecule has 3 heteroatoms. The minimum Gasteiger partial charge on any atom is -0.394 e. The molecule has 60 valence electrons. The summed E-state index contributed by atoms with van der Waals surface area (Å²) in [5.41, 5.74) is -0.110. The van der Waals surface area contributed by atoms with E-state index in [1.54, 1.807) is 7.11 Å². The quantitative estimate of drug-likeness (QED) is 0.563. The number of methoxy groups -OCH3 is 1. The topological polar surface area (TPSA) is 41.5 Å². The highest BCUT2D eigenvalue weighted by Gasteiger charge is 2.33. The summed E-state index contributed by atoms with van der Waals surface area (Å²) in [6, 6.07) is 0. The van der Waals surface area contributed by atoms with Crippen LogP contribution >= 0.6 is 0 Å². The van der Waals surface area contributed by atoms with Crippen LogP contribution in [0.4, 0.5) is 0 Å². The van der Waals surface area contributed by atoms with Crippen molar-refractivity contribution in [2.24, 2.45) is 0 Å². The van der Waals surface area contributed by atoms with Crippen molar-refractivity contribution >= 4 is 0 Å². The first kappa shape index (κ1) is 7.98. The van der Waals surface area contributed by atoms with E-state index in [4.69, 9.17) is 9.84 Å². The fourth-order valence-corrected chi connectivity index (χ4v) is 1.29. The monoisotopic (exact) mass is 145 g/mol. The Morgan fingerprint density at radius 1 is 1.80 bits per heavy atom. The maximum atomic E-state index is 8.92. The minimum atomic E-state index is -0.110. The molecule has 0 spiro atoms. The van der Waals surface area contributed by atoms with Crippen molar-refractivity contribution in [3.05, 3.63) is 0 Å². The summed E-state index contributed by atoms with van der Waals surface area (Å²) in [5, 5.41) is 12.1. The second-order valence-electron chi connectivity index (χ2n) is 3.16. The Kier molecular flexibility index (Phi) is 2.28. The highest BCUT2D eigenvalue weighted by Crippen LogP contribution is 2.19. The van der Waals surface area contributed by atoms with Gasteiger partial charge in [-0.05, 0) is 13.3 Å². The van der Waals surface area contributed by atoms with Gasteiger partial charge in [-0.2, -0.15) is 0 Å². The van der Waals surface area contributed by atoms with Crippen LogP contribution in [-0.4, -0.2) is 37.0 Å². The molecular weight excluding hydrogens is 130 g/mol. The molecule has 1 aliphatic heterocycles. The van der Waals surface area contributed by atoms with Crippen LogP contribution in [0.1, 0.15) is 13.3 Å². The lowest BCUT2D eigenvalue weighted by Crippen LogP contribution is -2.39. The minimum absolute atomic E-state index is 0.110. The average molecular weight is 145 g/mol. The summed E-state index contributed by atoms with van der Waals surface area (Å²) in [6.07, 6.45) is 1.18. The van der Waals surface area contributed by atoms with E-state index in [0.717, 1.165) is 13.0 Å². The Balaban J connectivity index is 2.41. The van der Waals surface area contributed by atoms with Gasteiger partial charge in [-0.1, -0.05) is 0 Å². The summed E-state index contributed by atoms with van der Waals surface area (Å²) in [7, 11) is 1.70. The number of rotatable bonds is 2. The van der Waals surface area contributed by atoms with E-state index >= 15 is 0 Å². The predicted octanol–water partition coefficient (Wildman–Crippen LogP) is -0.254. The molecule has 0 amide bonds. The average Bonchev–Trinajstić information content (AvgIpc) is 2.33. The van der Waals surface area contributed by atoms with Crippen molar-refractivity contribution in [1.29, 1.82) is 0 Å². The van der Waals surface area contributed by atoms with Crippen LogP contribution in [0, 0.1) is 0 Å². The molecule has 10 heavy (non-hydrogen) atoms. The van der Waals surface area contributed by atoms with Gasteiger partial charge in [-0.3, -0.25) is 0 Å². The van der Waals surface area contributed by atoms with Crippen LogP contribution in [-0.2, 0) is 4.74 Å². The third-order valence-corrected chi connectivity index (χ3v) is 2.12. The van der Waals surface area contributed by atoms with E-state index in [1.807, 2.05) is 6.92 Å². The zero-order valence-corrected chi connectivity index (χ0v) is 6.55. The Bertz CT molecular complexity index is 118. The second-order valence-corrected chi connectivity index (χ2v) is 3.16. The molecule has 1 rings (SSSR count). The van der Waals surface area contributed by atoms with Crippen LogP contribution in [0.2, 0.25) is 0 Å². The van der Waals surface area contributed by atoms with E-state index in [1.165, 1.54) is 0 Å². The number of aliphatic hydroxyl groups is 1. The molecule has 3 nitrogen and oxygen atoms in total. The fourth-order valence-electron chi connectivity index (χ4n) is 1.29. The Morgan fingerprint density at radius 2 is 2.50 bits per heavy atom. The molecule has 0 unspecified atom stereocenters. The maximum absolute atomic E-state index is 8.92. The Hall–Kier alpha value is -0.120. The molecular formula is C7H15NO2. The molecule has 1 saturated heterocycles. The first-order chi connectivity index (χ1) is 4.70. The van der Waals surface area contributed by atoms with Crippen molar-refractivity contribution in [3.8, 4) is 0 Å². The van der Waals surface area contributed by atoms with E-state index in [-0.39, 0.29) is 18.2 Å². The molecule has 0 aromatic heterocycles. The van der Waals surface area contributed by atoms with E-state index in [0.29, 0.717) is 0 Å². The molecule has 0 aliphatic carbocycles. The van der Waals surface area contributed by atoms with Crippen molar-refractivity contribution in [3.63, 3.8) is 0 Å². The summed E-state index contributed by atoms with van der Waals surface area (Å²) < 4.78 is 5.13. The molecule has 0 aromatic rings. The van der Waals surface area contributed by atoms with Gasteiger partial charge >= 0.3 is 0 Å². The van der Waals surface area contributed by atoms with Gasteiger partial charge in [0.1, 0.15) is 0 Å². The zero-order chi connectivity index (χ0) is 7.61. The SMILES string of the molecule is CO[C@H]1CN[C@@](C)(CO)C1. The van der Waals surface area contributed by atoms with Crippen molar-refractivity contribution in [2.45, 2.75) is 25.0 Å². The molecule has 1 fully saturated rings. The fraction of sp³-hybridized carbons (Fsp3) is 1.00. The number of ether oxygens (including phenoxy) is 1. The summed E-state index contributed by atoms with van der Waals surface area (Å²) in [5.74, 6) is 0. The van der Waals surface area contributed by atoms with Crippen LogP contribution in [0.25, 0.3) is 0 Å². The lowest BCUT2D eigenvalue weighted by atomic mass is 10.0. The number of hydrogen-bond donors (Lipinski definition) is 2. The van der Waals surface area contributed by atoms with Gasteiger partial charge in [0, 0.05) is 19.2 Å². The standard InChI is InChI=1S/C7H15NO2/c1-7(5-9)3-6(10-2)4-8-7/h6,8-9H,3-5H2,1-2H3/t6-,7-/m1/s1. The van der Waals surface area contributed by atoms with Gasteiger partial charge in [0.15, 0.2) is 0 Å². The molecule has 1 aliphatic rings. The van der Waals surface area contributed by atoms with Gasteiger partial charge in [-0.25, -0.2) is 0 Å². The third kappa shape index (κ3) is 1.48.